The molecule has 12 nitrogen and oxygen atoms in total. The number of carboxylic acids is 1. The van der Waals surface area contributed by atoms with E-state index in [2.05, 4.69) is 57.2 Å². The topological polar surface area (TPSA) is 175 Å². The lowest BCUT2D eigenvalue weighted by molar-refractivity contribution is -0.301. The molecular formula is C65H116O12. The predicted molar refractivity (Wildman–Crippen MR) is 313 cm³/mol. The summed E-state index contributed by atoms with van der Waals surface area (Å²) in [7, 11) is 0. The maximum absolute atomic E-state index is 13.2. The summed E-state index contributed by atoms with van der Waals surface area (Å²) < 4.78 is 28.5. The van der Waals surface area contributed by atoms with Gasteiger partial charge < -0.3 is 39.0 Å². The van der Waals surface area contributed by atoms with Crippen molar-refractivity contribution in [2.24, 2.45) is 0 Å². The summed E-state index contributed by atoms with van der Waals surface area (Å²) in [5, 5.41) is 31.5. The number of ether oxygens (including phenoxy) is 5. The van der Waals surface area contributed by atoms with E-state index in [4.69, 9.17) is 23.7 Å². The van der Waals surface area contributed by atoms with Crippen molar-refractivity contribution in [3.05, 3.63) is 36.5 Å². The molecule has 0 aromatic heterocycles. The van der Waals surface area contributed by atoms with Crippen LogP contribution in [-0.2, 0) is 42.9 Å². The summed E-state index contributed by atoms with van der Waals surface area (Å²) in [6.45, 7) is 5.99. The molecule has 0 amide bonds. The van der Waals surface area contributed by atoms with Gasteiger partial charge in [0, 0.05) is 19.3 Å². The number of rotatable bonds is 55. The monoisotopic (exact) mass is 1090 g/mol. The van der Waals surface area contributed by atoms with E-state index in [1.807, 2.05) is 0 Å². The van der Waals surface area contributed by atoms with Gasteiger partial charge in [0.1, 0.15) is 18.8 Å². The molecule has 12 heteroatoms. The van der Waals surface area contributed by atoms with Crippen LogP contribution in [0.2, 0.25) is 0 Å². The number of aliphatic hydroxyl groups is 2. The van der Waals surface area contributed by atoms with Gasteiger partial charge >= 0.3 is 23.9 Å². The molecule has 0 saturated carbocycles. The van der Waals surface area contributed by atoms with E-state index >= 15 is 0 Å². The molecular weight excluding hydrogens is 973 g/mol. The lowest BCUT2D eigenvalue weighted by Gasteiger charge is -2.40. The Labute approximate surface area is 470 Å². The molecule has 0 bridgehead atoms. The van der Waals surface area contributed by atoms with E-state index in [1.165, 1.54) is 148 Å². The second kappa shape index (κ2) is 53.6. The van der Waals surface area contributed by atoms with Gasteiger partial charge in [-0.25, -0.2) is 4.79 Å². The van der Waals surface area contributed by atoms with Crippen LogP contribution in [-0.4, -0.2) is 89.2 Å². The first-order valence-corrected chi connectivity index (χ1v) is 32.0. The average molecular weight is 1090 g/mol. The highest BCUT2D eigenvalue weighted by molar-refractivity contribution is 5.74. The SMILES string of the molecule is CCCCC/C=C\C/C=C\CCCCCCCCCC(=O)OCC(COC1OC(C(=O)O)C(O)C(O)C1OC(=O)CCCCCCCCCCCCCCC)OC(=O)CCCCCCCCC/C=C\CCCCCCCC. The average Bonchev–Trinajstić information content (AvgIpc) is 3.42. The minimum atomic E-state index is -1.90. The lowest BCUT2D eigenvalue weighted by atomic mass is 9.98. The van der Waals surface area contributed by atoms with Crippen molar-refractivity contribution in [2.45, 2.75) is 340 Å². The van der Waals surface area contributed by atoms with Crippen LogP contribution in [0.4, 0.5) is 0 Å². The van der Waals surface area contributed by atoms with Crippen LogP contribution in [0.15, 0.2) is 36.5 Å². The Morgan fingerprint density at radius 2 is 0.779 bits per heavy atom. The summed E-state index contributed by atoms with van der Waals surface area (Å²) in [5.41, 5.74) is 0. The van der Waals surface area contributed by atoms with Gasteiger partial charge in [-0.05, 0) is 77.0 Å². The molecule has 0 radical (unpaired) electrons. The molecule has 1 rings (SSSR count). The van der Waals surface area contributed by atoms with E-state index in [0.29, 0.717) is 19.3 Å². The van der Waals surface area contributed by atoms with Gasteiger partial charge in [0.15, 0.2) is 24.6 Å². The Kier molecular flexibility index (Phi) is 50.1. The van der Waals surface area contributed by atoms with Crippen molar-refractivity contribution in [2.75, 3.05) is 13.2 Å². The number of esters is 3. The Morgan fingerprint density at radius 3 is 1.21 bits per heavy atom. The number of hydrogen-bond donors (Lipinski definition) is 3. The van der Waals surface area contributed by atoms with E-state index in [-0.39, 0.29) is 25.9 Å². The number of aliphatic hydroxyl groups excluding tert-OH is 2. The van der Waals surface area contributed by atoms with E-state index < -0.39 is 67.3 Å². The fourth-order valence-corrected chi connectivity index (χ4v) is 9.75. The quantitative estimate of drug-likeness (QED) is 0.0228. The summed E-state index contributed by atoms with van der Waals surface area (Å²) >= 11 is 0. The van der Waals surface area contributed by atoms with Crippen molar-refractivity contribution >= 4 is 23.9 Å². The molecule has 77 heavy (non-hydrogen) atoms. The summed E-state index contributed by atoms with van der Waals surface area (Å²) in [6.07, 6.45) is 51.0. The first-order chi connectivity index (χ1) is 37.6. The molecule has 3 N–H and O–H groups in total. The van der Waals surface area contributed by atoms with Crippen LogP contribution in [0.25, 0.3) is 0 Å². The molecule has 6 unspecified atom stereocenters. The smallest absolute Gasteiger partial charge is 0.335 e. The van der Waals surface area contributed by atoms with E-state index in [1.54, 1.807) is 0 Å². The molecule has 1 aliphatic heterocycles. The Balaban J connectivity index is 2.66. The van der Waals surface area contributed by atoms with Crippen molar-refractivity contribution in [3.63, 3.8) is 0 Å². The highest BCUT2D eigenvalue weighted by atomic mass is 16.7. The third kappa shape index (κ3) is 43.4. The Hall–Kier alpha value is -3.06. The van der Waals surface area contributed by atoms with Crippen LogP contribution in [0.3, 0.4) is 0 Å². The minimum Gasteiger partial charge on any atom is -0.479 e. The standard InChI is InChI=1S/C65H116O12/c1-4-7-10-13-16-19-22-25-27-29-31-34-36-39-42-45-48-51-57(66)73-54-56(75-58(67)52-49-46-43-40-38-35-32-30-28-26-23-20-17-14-11-8-5-2)55-74-65-63(61(70)60(69)62(77-65)64(71)72)76-59(68)53-50-47-44-41-37-33-24-21-18-15-12-9-6-3/h16,19,25-28,56,60-63,65,69-70H,4-15,17-18,20-24,29-55H2,1-3H3,(H,71,72)/b19-16-,27-25-,28-26-. The third-order valence-electron chi connectivity index (χ3n) is 14.7. The molecule has 0 aromatic rings. The number of carbonyl (C=O) groups is 4. The van der Waals surface area contributed by atoms with Gasteiger partial charge in [0.05, 0.1) is 6.61 Å². The minimum absolute atomic E-state index is 0.0644. The van der Waals surface area contributed by atoms with Gasteiger partial charge in [0.2, 0.25) is 0 Å². The van der Waals surface area contributed by atoms with Crippen LogP contribution in [0, 0.1) is 0 Å². The van der Waals surface area contributed by atoms with Gasteiger partial charge in [-0.15, -0.1) is 0 Å². The molecule has 0 aromatic carbocycles. The van der Waals surface area contributed by atoms with Crippen LogP contribution < -0.4 is 0 Å². The fraction of sp³-hybridized carbons (Fsp3) is 0.846. The number of allylic oxidation sites excluding steroid dienone is 6. The number of carboxylic acid groups (broad SMARTS) is 1. The third-order valence-corrected chi connectivity index (χ3v) is 14.7. The first kappa shape index (κ1) is 72.0. The second-order valence-electron chi connectivity index (χ2n) is 22.0. The van der Waals surface area contributed by atoms with Crippen LogP contribution in [0.5, 0.6) is 0 Å². The van der Waals surface area contributed by atoms with Crippen molar-refractivity contribution in [1.82, 2.24) is 0 Å². The second-order valence-corrected chi connectivity index (χ2v) is 22.0. The maximum atomic E-state index is 13.2. The van der Waals surface area contributed by atoms with Crippen LogP contribution >= 0.6 is 0 Å². The van der Waals surface area contributed by atoms with Gasteiger partial charge in [-0.1, -0.05) is 243 Å². The Morgan fingerprint density at radius 1 is 0.429 bits per heavy atom. The van der Waals surface area contributed by atoms with E-state index in [0.717, 1.165) is 96.3 Å². The Bertz CT molecular complexity index is 1480. The van der Waals surface area contributed by atoms with Crippen LogP contribution in [0.1, 0.15) is 303 Å². The molecule has 1 fully saturated rings. The number of hydrogen-bond acceptors (Lipinski definition) is 11. The largest absolute Gasteiger partial charge is 0.479 e. The zero-order valence-electron chi connectivity index (χ0n) is 49.5. The first-order valence-electron chi connectivity index (χ1n) is 32.0. The molecule has 1 saturated heterocycles. The van der Waals surface area contributed by atoms with E-state index in [9.17, 15) is 34.5 Å². The normalized spacial score (nSPS) is 18.2. The number of unbranched alkanes of at least 4 members (excludes halogenated alkanes) is 35. The molecule has 0 aliphatic carbocycles. The summed E-state index contributed by atoms with van der Waals surface area (Å²) in [4.78, 5) is 51.2. The molecule has 1 heterocycles. The maximum Gasteiger partial charge on any atom is 0.335 e. The zero-order valence-corrected chi connectivity index (χ0v) is 49.5. The van der Waals surface area contributed by atoms with Gasteiger partial charge in [0.25, 0.3) is 0 Å². The number of aliphatic carboxylic acids is 1. The van der Waals surface area contributed by atoms with Crippen molar-refractivity contribution < 1.29 is 58.2 Å². The molecule has 1 aliphatic rings. The molecule has 6 atom stereocenters. The highest BCUT2D eigenvalue weighted by Gasteiger charge is 2.50. The lowest BCUT2D eigenvalue weighted by Crippen LogP contribution is -2.61. The highest BCUT2D eigenvalue weighted by Crippen LogP contribution is 2.27. The molecule has 448 valence electrons. The van der Waals surface area contributed by atoms with Crippen molar-refractivity contribution in [1.29, 1.82) is 0 Å². The zero-order chi connectivity index (χ0) is 56.1. The van der Waals surface area contributed by atoms with Gasteiger partial charge in [-0.3, -0.25) is 14.4 Å². The number of carbonyl (C=O) groups excluding carboxylic acids is 3. The summed E-state index contributed by atoms with van der Waals surface area (Å²) in [5.74, 6) is -3.10. The van der Waals surface area contributed by atoms with Gasteiger partial charge in [-0.2, -0.15) is 0 Å². The predicted octanol–water partition coefficient (Wildman–Crippen LogP) is 16.8. The molecule has 0 spiro atoms. The van der Waals surface area contributed by atoms with Crippen molar-refractivity contribution in [3.8, 4) is 0 Å². The fourth-order valence-electron chi connectivity index (χ4n) is 9.75. The summed E-state index contributed by atoms with van der Waals surface area (Å²) in [6, 6.07) is 0.